The highest BCUT2D eigenvalue weighted by Gasteiger charge is 2.42. The summed E-state index contributed by atoms with van der Waals surface area (Å²) in [5.41, 5.74) is -0.766. The minimum atomic E-state index is -1.06. The Labute approximate surface area is 74.2 Å². The number of rotatable bonds is 0. The summed E-state index contributed by atoms with van der Waals surface area (Å²) in [6.07, 6.45) is 2.51. The van der Waals surface area contributed by atoms with Crippen LogP contribution < -0.4 is 0 Å². The molecule has 68 valence electrons. The molecule has 0 amide bonds. The van der Waals surface area contributed by atoms with Crippen molar-refractivity contribution >= 4 is 0 Å². The smallest absolute Gasteiger partial charge is 0.153 e. The number of nitriles is 1. The Morgan fingerprint density at radius 1 is 1.42 bits per heavy atom. The van der Waals surface area contributed by atoms with Crippen LogP contribution in [0.1, 0.15) is 40.0 Å². The minimum absolute atomic E-state index is 0.103. The molecule has 0 bridgehead atoms. The van der Waals surface area contributed by atoms with Crippen molar-refractivity contribution in [1.82, 2.24) is 0 Å². The highest BCUT2D eigenvalue weighted by Crippen LogP contribution is 2.43. The standard InChI is InChI=1S/C10H17NO/c1-8-6-9(2,3)4-5-10(8,12)7-11/h8,12H,4-6H2,1-3H3. The molecule has 0 radical (unpaired) electrons. The van der Waals surface area contributed by atoms with E-state index in [9.17, 15) is 5.11 Å². The van der Waals surface area contributed by atoms with E-state index >= 15 is 0 Å². The Kier molecular flexibility index (Phi) is 2.18. The van der Waals surface area contributed by atoms with E-state index in [-0.39, 0.29) is 5.92 Å². The lowest BCUT2D eigenvalue weighted by atomic mass is 9.66. The lowest BCUT2D eigenvalue weighted by molar-refractivity contribution is -0.0266. The molecule has 0 aliphatic heterocycles. The average molecular weight is 167 g/mol. The monoisotopic (exact) mass is 167 g/mol. The molecule has 2 heteroatoms. The van der Waals surface area contributed by atoms with Crippen molar-refractivity contribution in [2.24, 2.45) is 11.3 Å². The molecule has 1 aliphatic rings. The van der Waals surface area contributed by atoms with Gasteiger partial charge in [0.25, 0.3) is 0 Å². The summed E-state index contributed by atoms with van der Waals surface area (Å²) >= 11 is 0. The van der Waals surface area contributed by atoms with Crippen molar-refractivity contribution in [3.63, 3.8) is 0 Å². The van der Waals surface area contributed by atoms with E-state index in [2.05, 4.69) is 13.8 Å². The fraction of sp³-hybridized carbons (Fsp3) is 0.900. The van der Waals surface area contributed by atoms with E-state index in [1.54, 1.807) is 0 Å². The largest absolute Gasteiger partial charge is 0.375 e. The van der Waals surface area contributed by atoms with Crippen LogP contribution in [0.2, 0.25) is 0 Å². The van der Waals surface area contributed by atoms with Gasteiger partial charge in [-0.15, -0.1) is 0 Å². The zero-order valence-corrected chi connectivity index (χ0v) is 8.09. The Hall–Kier alpha value is -0.550. The van der Waals surface area contributed by atoms with E-state index in [1.807, 2.05) is 13.0 Å². The van der Waals surface area contributed by atoms with Gasteiger partial charge in [-0.1, -0.05) is 20.8 Å². The van der Waals surface area contributed by atoms with E-state index in [0.29, 0.717) is 11.8 Å². The second kappa shape index (κ2) is 2.74. The molecule has 1 N–H and O–H groups in total. The van der Waals surface area contributed by atoms with Gasteiger partial charge in [0.2, 0.25) is 0 Å². The predicted molar refractivity (Wildman–Crippen MR) is 47.4 cm³/mol. The van der Waals surface area contributed by atoms with Crippen LogP contribution in [0.15, 0.2) is 0 Å². The van der Waals surface area contributed by atoms with Gasteiger partial charge in [-0.25, -0.2) is 0 Å². The molecule has 0 aromatic carbocycles. The zero-order chi connectivity index (χ0) is 9.41. The van der Waals surface area contributed by atoms with Crippen molar-refractivity contribution in [1.29, 1.82) is 5.26 Å². The molecule has 12 heavy (non-hydrogen) atoms. The summed E-state index contributed by atoms with van der Waals surface area (Å²) < 4.78 is 0. The van der Waals surface area contributed by atoms with Gasteiger partial charge >= 0.3 is 0 Å². The fourth-order valence-corrected chi connectivity index (χ4v) is 2.04. The molecule has 1 aliphatic carbocycles. The molecule has 2 atom stereocenters. The van der Waals surface area contributed by atoms with Gasteiger partial charge in [-0.05, 0) is 30.6 Å². The quantitative estimate of drug-likeness (QED) is 0.561. The molecule has 1 fully saturated rings. The van der Waals surface area contributed by atoms with Crippen LogP contribution in [-0.2, 0) is 0 Å². The maximum absolute atomic E-state index is 9.82. The summed E-state index contributed by atoms with van der Waals surface area (Å²) in [4.78, 5) is 0. The van der Waals surface area contributed by atoms with Gasteiger partial charge in [0.15, 0.2) is 5.60 Å². The Morgan fingerprint density at radius 2 is 2.00 bits per heavy atom. The van der Waals surface area contributed by atoms with E-state index in [4.69, 9.17) is 5.26 Å². The number of aliphatic hydroxyl groups is 1. The maximum atomic E-state index is 9.82. The number of hydrogen-bond acceptors (Lipinski definition) is 2. The summed E-state index contributed by atoms with van der Waals surface area (Å²) in [7, 11) is 0. The van der Waals surface area contributed by atoms with Gasteiger partial charge in [0.05, 0.1) is 6.07 Å². The van der Waals surface area contributed by atoms with Gasteiger partial charge < -0.3 is 5.11 Å². The Balaban J connectivity index is 2.74. The normalized spacial score (nSPS) is 40.4. The fourth-order valence-electron chi connectivity index (χ4n) is 2.04. The topological polar surface area (TPSA) is 44.0 Å². The lowest BCUT2D eigenvalue weighted by Gasteiger charge is -2.41. The highest BCUT2D eigenvalue weighted by atomic mass is 16.3. The molecule has 0 aromatic rings. The molecule has 0 spiro atoms. The van der Waals surface area contributed by atoms with Crippen LogP contribution in [0.5, 0.6) is 0 Å². The van der Waals surface area contributed by atoms with Gasteiger partial charge in [0.1, 0.15) is 0 Å². The number of hydrogen-bond donors (Lipinski definition) is 1. The van der Waals surface area contributed by atoms with Crippen LogP contribution in [-0.4, -0.2) is 10.7 Å². The number of nitrogens with zero attached hydrogens (tertiary/aromatic N) is 1. The first-order chi connectivity index (χ1) is 5.40. The van der Waals surface area contributed by atoms with Crippen molar-refractivity contribution < 1.29 is 5.11 Å². The van der Waals surface area contributed by atoms with Crippen LogP contribution in [0.25, 0.3) is 0 Å². The van der Waals surface area contributed by atoms with Gasteiger partial charge in [-0.2, -0.15) is 5.26 Å². The molecular weight excluding hydrogens is 150 g/mol. The second-order valence-electron chi connectivity index (χ2n) is 4.81. The summed E-state index contributed by atoms with van der Waals surface area (Å²) in [5.74, 6) is 0.103. The molecular formula is C10H17NO. The van der Waals surface area contributed by atoms with Crippen molar-refractivity contribution in [2.45, 2.75) is 45.6 Å². The van der Waals surface area contributed by atoms with Gasteiger partial charge in [-0.3, -0.25) is 0 Å². The van der Waals surface area contributed by atoms with Crippen LogP contribution in [0.3, 0.4) is 0 Å². The first-order valence-corrected chi connectivity index (χ1v) is 4.53. The molecule has 2 nitrogen and oxygen atoms in total. The first kappa shape index (κ1) is 9.54. The third-order valence-electron chi connectivity index (χ3n) is 3.05. The molecule has 1 saturated carbocycles. The first-order valence-electron chi connectivity index (χ1n) is 4.53. The summed E-state index contributed by atoms with van der Waals surface area (Å²) in [6.45, 7) is 6.35. The summed E-state index contributed by atoms with van der Waals surface area (Å²) in [5, 5.41) is 18.6. The van der Waals surface area contributed by atoms with Gasteiger partial charge in [0, 0.05) is 0 Å². The van der Waals surface area contributed by atoms with Crippen LogP contribution in [0.4, 0.5) is 0 Å². The Morgan fingerprint density at radius 3 is 2.42 bits per heavy atom. The second-order valence-corrected chi connectivity index (χ2v) is 4.81. The Bertz CT molecular complexity index is 216. The third kappa shape index (κ3) is 1.61. The van der Waals surface area contributed by atoms with Crippen LogP contribution in [0, 0.1) is 22.7 Å². The SMILES string of the molecule is CC1CC(C)(C)CCC1(O)C#N. The lowest BCUT2D eigenvalue weighted by Crippen LogP contribution is -2.42. The molecule has 0 heterocycles. The van der Waals surface area contributed by atoms with Crippen molar-refractivity contribution in [3.05, 3.63) is 0 Å². The molecule has 1 rings (SSSR count). The van der Waals surface area contributed by atoms with E-state index < -0.39 is 5.60 Å². The average Bonchev–Trinajstić information content (AvgIpc) is 1.97. The van der Waals surface area contributed by atoms with Crippen LogP contribution >= 0.6 is 0 Å². The predicted octanol–water partition coefficient (Wildman–Crippen LogP) is 2.09. The van der Waals surface area contributed by atoms with Crippen molar-refractivity contribution in [3.8, 4) is 6.07 Å². The summed E-state index contributed by atoms with van der Waals surface area (Å²) in [6, 6.07) is 2.02. The molecule has 2 unspecified atom stereocenters. The zero-order valence-electron chi connectivity index (χ0n) is 8.09. The molecule has 0 saturated heterocycles. The van der Waals surface area contributed by atoms with E-state index in [0.717, 1.165) is 12.8 Å². The van der Waals surface area contributed by atoms with E-state index in [1.165, 1.54) is 0 Å². The van der Waals surface area contributed by atoms with Crippen molar-refractivity contribution in [2.75, 3.05) is 0 Å². The maximum Gasteiger partial charge on any atom is 0.153 e. The minimum Gasteiger partial charge on any atom is -0.375 e. The highest BCUT2D eigenvalue weighted by molar-refractivity contribution is 5.07. The molecule has 0 aromatic heterocycles. The third-order valence-corrected chi connectivity index (χ3v) is 3.05.